The fraction of sp³-hybridized carbons (Fsp3) is 0.455. The van der Waals surface area contributed by atoms with Gasteiger partial charge in [0.05, 0.1) is 4.92 Å². The lowest BCUT2D eigenvalue weighted by molar-refractivity contribution is -0.384. The Labute approximate surface area is 89.5 Å². The van der Waals surface area contributed by atoms with Crippen molar-refractivity contribution in [2.45, 2.75) is 33.2 Å². The number of nitrogens with zero attached hydrogens (tertiary/aromatic N) is 1. The van der Waals surface area contributed by atoms with Crippen molar-refractivity contribution in [3.63, 3.8) is 0 Å². The first-order valence-corrected chi connectivity index (χ1v) is 5.06. The first-order chi connectivity index (χ1) is 7.04. The van der Waals surface area contributed by atoms with Crippen molar-refractivity contribution >= 4 is 11.4 Å². The van der Waals surface area contributed by atoms with E-state index in [1.165, 1.54) is 0 Å². The zero-order valence-corrected chi connectivity index (χ0v) is 9.28. The van der Waals surface area contributed by atoms with Crippen LogP contribution in [0.4, 0.5) is 11.4 Å². The average molecular weight is 208 g/mol. The van der Waals surface area contributed by atoms with Gasteiger partial charge >= 0.3 is 0 Å². The molecule has 1 aromatic carbocycles. The van der Waals surface area contributed by atoms with Gasteiger partial charge in [-0.05, 0) is 31.9 Å². The van der Waals surface area contributed by atoms with Crippen LogP contribution in [0.2, 0.25) is 0 Å². The molecule has 0 bridgehead atoms. The predicted molar refractivity (Wildman–Crippen MR) is 61.2 cm³/mol. The molecule has 0 unspecified atom stereocenters. The van der Waals surface area contributed by atoms with Gasteiger partial charge in [-0.3, -0.25) is 10.1 Å². The molecule has 15 heavy (non-hydrogen) atoms. The maximum atomic E-state index is 10.8. The van der Waals surface area contributed by atoms with E-state index >= 15 is 0 Å². The lowest BCUT2D eigenvalue weighted by Crippen LogP contribution is -2.14. The maximum absolute atomic E-state index is 10.8. The smallest absolute Gasteiger partial charge is 0.292 e. The summed E-state index contributed by atoms with van der Waals surface area (Å²) in [6.07, 6.45) is 0.936. The van der Waals surface area contributed by atoms with Crippen molar-refractivity contribution in [1.29, 1.82) is 0 Å². The van der Waals surface area contributed by atoms with E-state index in [4.69, 9.17) is 0 Å². The number of nitro groups is 1. The largest absolute Gasteiger partial charge is 0.377 e. The number of benzene rings is 1. The second-order valence-corrected chi connectivity index (χ2v) is 3.73. The summed E-state index contributed by atoms with van der Waals surface area (Å²) in [6.45, 7) is 5.97. The normalized spacial score (nSPS) is 12.2. The predicted octanol–water partition coefficient (Wildman–Crippen LogP) is 3.11. The number of nitrogens with one attached hydrogen (secondary N) is 1. The highest BCUT2D eigenvalue weighted by Gasteiger charge is 2.14. The molecule has 1 atom stereocenters. The van der Waals surface area contributed by atoms with E-state index in [0.717, 1.165) is 12.0 Å². The molecule has 0 fully saturated rings. The second-order valence-electron chi connectivity index (χ2n) is 3.73. The summed E-state index contributed by atoms with van der Waals surface area (Å²) in [6, 6.07) is 5.34. The lowest BCUT2D eigenvalue weighted by Gasteiger charge is -2.13. The molecule has 0 saturated heterocycles. The van der Waals surface area contributed by atoms with E-state index in [-0.39, 0.29) is 16.7 Å². The van der Waals surface area contributed by atoms with Gasteiger partial charge in [0.1, 0.15) is 5.69 Å². The minimum atomic E-state index is -0.357. The van der Waals surface area contributed by atoms with Crippen molar-refractivity contribution in [2.75, 3.05) is 5.32 Å². The van der Waals surface area contributed by atoms with Crippen LogP contribution in [0.1, 0.15) is 25.8 Å². The minimum Gasteiger partial charge on any atom is -0.377 e. The van der Waals surface area contributed by atoms with Crippen LogP contribution >= 0.6 is 0 Å². The van der Waals surface area contributed by atoms with Gasteiger partial charge < -0.3 is 5.32 Å². The van der Waals surface area contributed by atoms with Gasteiger partial charge in [-0.25, -0.2) is 0 Å². The Morgan fingerprint density at radius 3 is 2.73 bits per heavy atom. The number of anilines is 1. The molecule has 0 aliphatic heterocycles. The number of rotatable bonds is 4. The van der Waals surface area contributed by atoms with Gasteiger partial charge in [-0.15, -0.1) is 0 Å². The number of aryl methyl sites for hydroxylation is 1. The van der Waals surface area contributed by atoms with Crippen LogP contribution in [0.3, 0.4) is 0 Å². The summed E-state index contributed by atoms with van der Waals surface area (Å²) >= 11 is 0. The molecular formula is C11H16N2O2. The zero-order chi connectivity index (χ0) is 11.4. The van der Waals surface area contributed by atoms with Gasteiger partial charge in [-0.2, -0.15) is 0 Å². The van der Waals surface area contributed by atoms with E-state index in [1.54, 1.807) is 12.1 Å². The molecule has 0 amide bonds. The van der Waals surface area contributed by atoms with Crippen molar-refractivity contribution in [2.24, 2.45) is 0 Å². The van der Waals surface area contributed by atoms with Crippen LogP contribution in [0.25, 0.3) is 0 Å². The monoisotopic (exact) mass is 208 g/mol. The van der Waals surface area contributed by atoms with Crippen molar-refractivity contribution < 1.29 is 4.92 Å². The molecular weight excluding hydrogens is 192 g/mol. The molecule has 0 radical (unpaired) electrons. The fourth-order valence-electron chi connectivity index (χ4n) is 1.29. The maximum Gasteiger partial charge on any atom is 0.292 e. The van der Waals surface area contributed by atoms with Gasteiger partial charge in [0, 0.05) is 12.1 Å². The third kappa shape index (κ3) is 2.94. The first kappa shape index (κ1) is 11.5. The summed E-state index contributed by atoms with van der Waals surface area (Å²) in [4.78, 5) is 10.4. The average Bonchev–Trinajstić information content (AvgIpc) is 2.17. The molecule has 0 aliphatic carbocycles. The highest BCUT2D eigenvalue weighted by Crippen LogP contribution is 2.26. The first-order valence-electron chi connectivity index (χ1n) is 5.06. The van der Waals surface area contributed by atoms with Crippen LogP contribution in [-0.2, 0) is 0 Å². The van der Waals surface area contributed by atoms with Gasteiger partial charge in [0.2, 0.25) is 0 Å². The third-order valence-corrected chi connectivity index (χ3v) is 2.36. The van der Waals surface area contributed by atoms with Crippen LogP contribution in [0.5, 0.6) is 0 Å². The molecule has 0 aromatic heterocycles. The van der Waals surface area contributed by atoms with Gasteiger partial charge in [0.15, 0.2) is 0 Å². The summed E-state index contributed by atoms with van der Waals surface area (Å²) in [5.41, 5.74) is 1.77. The summed E-state index contributed by atoms with van der Waals surface area (Å²) < 4.78 is 0. The Bertz CT molecular complexity index is 364. The van der Waals surface area contributed by atoms with Gasteiger partial charge in [0.25, 0.3) is 5.69 Å². The zero-order valence-electron chi connectivity index (χ0n) is 9.28. The van der Waals surface area contributed by atoms with Crippen molar-refractivity contribution in [3.8, 4) is 0 Å². The summed E-state index contributed by atoms with van der Waals surface area (Å²) in [7, 11) is 0. The molecule has 1 rings (SSSR count). The topological polar surface area (TPSA) is 55.2 Å². The third-order valence-electron chi connectivity index (χ3n) is 2.36. The quantitative estimate of drug-likeness (QED) is 0.611. The summed E-state index contributed by atoms with van der Waals surface area (Å²) in [5, 5.41) is 13.9. The van der Waals surface area contributed by atoms with Gasteiger partial charge in [-0.1, -0.05) is 13.0 Å². The Hall–Kier alpha value is -1.58. The molecule has 1 N–H and O–H groups in total. The van der Waals surface area contributed by atoms with E-state index in [2.05, 4.69) is 5.32 Å². The standard InChI is InChI=1S/C11H16N2O2/c1-4-9(3)12-10-7-8(2)5-6-11(10)13(14)15/h5-7,9,12H,4H2,1-3H3/t9-/m1/s1. The van der Waals surface area contributed by atoms with E-state index in [9.17, 15) is 10.1 Å². The Balaban J connectivity index is 3.02. The molecule has 0 saturated carbocycles. The van der Waals surface area contributed by atoms with E-state index in [0.29, 0.717) is 5.69 Å². The SMILES string of the molecule is CC[C@@H](C)Nc1cc(C)ccc1[N+](=O)[O-]. The fourth-order valence-corrected chi connectivity index (χ4v) is 1.29. The van der Waals surface area contributed by atoms with E-state index < -0.39 is 0 Å². The van der Waals surface area contributed by atoms with Crippen LogP contribution in [-0.4, -0.2) is 11.0 Å². The molecule has 0 spiro atoms. The Morgan fingerprint density at radius 2 is 2.20 bits per heavy atom. The Morgan fingerprint density at radius 1 is 1.53 bits per heavy atom. The molecule has 1 aromatic rings. The molecule has 0 heterocycles. The highest BCUT2D eigenvalue weighted by molar-refractivity contribution is 5.63. The number of hydrogen-bond donors (Lipinski definition) is 1. The summed E-state index contributed by atoms with van der Waals surface area (Å²) in [5.74, 6) is 0. The molecule has 82 valence electrons. The molecule has 0 aliphatic rings. The molecule has 4 nitrogen and oxygen atoms in total. The van der Waals surface area contributed by atoms with Crippen LogP contribution < -0.4 is 5.32 Å². The lowest BCUT2D eigenvalue weighted by atomic mass is 10.1. The molecule has 4 heteroatoms. The Kier molecular flexibility index (Phi) is 3.66. The van der Waals surface area contributed by atoms with Crippen LogP contribution in [0.15, 0.2) is 18.2 Å². The van der Waals surface area contributed by atoms with Crippen LogP contribution in [0, 0.1) is 17.0 Å². The number of hydrogen-bond acceptors (Lipinski definition) is 3. The van der Waals surface area contributed by atoms with E-state index in [1.807, 2.05) is 26.8 Å². The minimum absolute atomic E-state index is 0.140. The number of nitro benzene ring substituents is 1. The van der Waals surface area contributed by atoms with Crippen molar-refractivity contribution in [1.82, 2.24) is 0 Å². The second kappa shape index (κ2) is 4.77. The van der Waals surface area contributed by atoms with Crippen molar-refractivity contribution in [3.05, 3.63) is 33.9 Å². The highest BCUT2D eigenvalue weighted by atomic mass is 16.6.